The van der Waals surface area contributed by atoms with E-state index in [1.165, 1.54) is 22.3 Å². The fraction of sp³-hybridized carbons (Fsp3) is 0.333. The highest BCUT2D eigenvalue weighted by molar-refractivity contribution is 6.31. The lowest BCUT2D eigenvalue weighted by atomic mass is 9.97. The second kappa shape index (κ2) is 6.43. The monoisotopic (exact) mass is 287 g/mol. The van der Waals surface area contributed by atoms with Crippen molar-refractivity contribution in [2.24, 2.45) is 0 Å². The van der Waals surface area contributed by atoms with Crippen LogP contribution < -0.4 is 5.32 Å². The zero-order valence-electron chi connectivity index (χ0n) is 12.6. The largest absolute Gasteiger partial charge is 0.310 e. The molecule has 0 aliphatic heterocycles. The normalized spacial score (nSPS) is 11.1. The summed E-state index contributed by atoms with van der Waals surface area (Å²) in [5.41, 5.74) is 6.16. The van der Waals surface area contributed by atoms with E-state index in [1.807, 2.05) is 13.0 Å². The number of hydrogen-bond donors (Lipinski definition) is 1. The van der Waals surface area contributed by atoms with Crippen LogP contribution in [0.3, 0.4) is 0 Å². The van der Waals surface area contributed by atoms with Crippen molar-refractivity contribution in [3.63, 3.8) is 0 Å². The molecule has 0 atom stereocenters. The summed E-state index contributed by atoms with van der Waals surface area (Å²) in [6.07, 6.45) is 0. The highest BCUT2D eigenvalue weighted by Gasteiger charge is 2.05. The predicted octanol–water partition coefficient (Wildman–Crippen LogP) is 5.12. The van der Waals surface area contributed by atoms with Crippen LogP contribution in [0.1, 0.15) is 30.5 Å². The van der Waals surface area contributed by atoms with Crippen molar-refractivity contribution in [3.8, 4) is 11.1 Å². The van der Waals surface area contributed by atoms with Gasteiger partial charge in [-0.1, -0.05) is 49.7 Å². The maximum absolute atomic E-state index is 6.16. The lowest BCUT2D eigenvalue weighted by Gasteiger charge is -2.11. The second-order valence-corrected chi connectivity index (χ2v) is 6.06. The average molecular weight is 288 g/mol. The first-order chi connectivity index (χ1) is 9.47. The van der Waals surface area contributed by atoms with Gasteiger partial charge in [-0.2, -0.15) is 0 Å². The summed E-state index contributed by atoms with van der Waals surface area (Å²) in [5.74, 6) is 0. The predicted molar refractivity (Wildman–Crippen MR) is 88.3 cm³/mol. The maximum atomic E-state index is 6.16. The van der Waals surface area contributed by atoms with Crippen LogP contribution in [0.15, 0.2) is 36.4 Å². The highest BCUT2D eigenvalue weighted by Crippen LogP contribution is 2.28. The van der Waals surface area contributed by atoms with Gasteiger partial charge in [0.05, 0.1) is 0 Å². The smallest absolute Gasteiger partial charge is 0.0438 e. The first-order valence-corrected chi connectivity index (χ1v) is 7.44. The van der Waals surface area contributed by atoms with Crippen molar-refractivity contribution in [2.45, 2.75) is 40.3 Å². The summed E-state index contributed by atoms with van der Waals surface area (Å²) in [7, 11) is 0. The molecule has 0 amide bonds. The number of benzene rings is 2. The van der Waals surface area contributed by atoms with Crippen molar-refractivity contribution in [1.29, 1.82) is 0 Å². The number of nitrogens with one attached hydrogen (secondary N) is 1. The molecule has 0 radical (unpaired) electrons. The molecule has 1 nitrogen and oxygen atoms in total. The zero-order chi connectivity index (χ0) is 14.7. The molecule has 0 bridgehead atoms. The number of aryl methyl sites for hydroxylation is 2. The Bertz CT molecular complexity index is 585. The first-order valence-electron chi connectivity index (χ1n) is 7.07. The summed E-state index contributed by atoms with van der Waals surface area (Å²) in [6, 6.07) is 13.5. The van der Waals surface area contributed by atoms with Crippen LogP contribution in [0, 0.1) is 13.8 Å². The molecule has 0 saturated heterocycles. The molecular weight excluding hydrogens is 266 g/mol. The van der Waals surface area contributed by atoms with Crippen molar-refractivity contribution in [3.05, 3.63) is 58.1 Å². The Morgan fingerprint density at radius 1 is 1.00 bits per heavy atom. The molecule has 0 fully saturated rings. The number of halogens is 1. The molecular formula is C18H22ClN. The van der Waals surface area contributed by atoms with Crippen molar-refractivity contribution in [1.82, 2.24) is 5.32 Å². The SMILES string of the molecule is Cc1cc(-c2ccc(CNC(C)C)cc2)c(C)cc1Cl. The van der Waals surface area contributed by atoms with E-state index in [0.29, 0.717) is 6.04 Å². The fourth-order valence-corrected chi connectivity index (χ4v) is 2.43. The van der Waals surface area contributed by atoms with Crippen molar-refractivity contribution in [2.75, 3.05) is 0 Å². The van der Waals surface area contributed by atoms with Gasteiger partial charge in [0.2, 0.25) is 0 Å². The number of rotatable bonds is 4. The van der Waals surface area contributed by atoms with Gasteiger partial charge in [0.1, 0.15) is 0 Å². The van der Waals surface area contributed by atoms with E-state index in [0.717, 1.165) is 17.1 Å². The second-order valence-electron chi connectivity index (χ2n) is 5.65. The van der Waals surface area contributed by atoms with Crippen LogP contribution in [0.25, 0.3) is 11.1 Å². The third-order valence-corrected chi connectivity index (χ3v) is 3.89. The topological polar surface area (TPSA) is 12.0 Å². The van der Waals surface area contributed by atoms with Crippen LogP contribution in [-0.4, -0.2) is 6.04 Å². The minimum Gasteiger partial charge on any atom is -0.310 e. The molecule has 1 N–H and O–H groups in total. The van der Waals surface area contributed by atoms with Crippen LogP contribution in [0.4, 0.5) is 0 Å². The third-order valence-electron chi connectivity index (χ3n) is 3.49. The maximum Gasteiger partial charge on any atom is 0.0438 e. The minimum absolute atomic E-state index is 0.510. The Kier molecular flexibility index (Phi) is 4.85. The van der Waals surface area contributed by atoms with Gasteiger partial charge >= 0.3 is 0 Å². The van der Waals surface area contributed by atoms with Gasteiger partial charge in [-0.25, -0.2) is 0 Å². The van der Waals surface area contributed by atoms with Gasteiger partial charge in [0.15, 0.2) is 0 Å². The molecule has 0 aliphatic carbocycles. The molecule has 0 aromatic heterocycles. The van der Waals surface area contributed by atoms with E-state index in [-0.39, 0.29) is 0 Å². The summed E-state index contributed by atoms with van der Waals surface area (Å²) in [4.78, 5) is 0. The average Bonchev–Trinajstić information content (AvgIpc) is 2.41. The van der Waals surface area contributed by atoms with E-state index in [9.17, 15) is 0 Å². The Labute approximate surface area is 127 Å². The van der Waals surface area contributed by atoms with Gasteiger partial charge in [-0.05, 0) is 53.8 Å². The molecule has 0 unspecified atom stereocenters. The summed E-state index contributed by atoms with van der Waals surface area (Å²) in [6.45, 7) is 9.39. The molecule has 20 heavy (non-hydrogen) atoms. The Balaban J connectivity index is 2.24. The minimum atomic E-state index is 0.510. The molecule has 0 saturated carbocycles. The third kappa shape index (κ3) is 3.62. The van der Waals surface area contributed by atoms with Crippen LogP contribution in [-0.2, 0) is 6.54 Å². The molecule has 0 aliphatic rings. The molecule has 2 heteroatoms. The molecule has 2 aromatic carbocycles. The van der Waals surface area contributed by atoms with Gasteiger partial charge in [-0.15, -0.1) is 0 Å². The molecule has 106 valence electrons. The van der Waals surface area contributed by atoms with Crippen LogP contribution >= 0.6 is 11.6 Å². The molecule has 2 rings (SSSR count). The van der Waals surface area contributed by atoms with Crippen LogP contribution in [0.5, 0.6) is 0 Å². The molecule has 0 spiro atoms. The van der Waals surface area contributed by atoms with Gasteiger partial charge in [0, 0.05) is 17.6 Å². The molecule has 2 aromatic rings. The van der Waals surface area contributed by atoms with Gasteiger partial charge in [-0.3, -0.25) is 0 Å². The quantitative estimate of drug-likeness (QED) is 0.823. The Hall–Kier alpha value is -1.31. The highest BCUT2D eigenvalue weighted by atomic mass is 35.5. The molecule has 0 heterocycles. The first kappa shape index (κ1) is 15.1. The summed E-state index contributed by atoms with van der Waals surface area (Å²) >= 11 is 6.16. The van der Waals surface area contributed by atoms with E-state index in [4.69, 9.17) is 11.6 Å². The fourth-order valence-electron chi connectivity index (χ4n) is 2.22. The summed E-state index contributed by atoms with van der Waals surface area (Å²) < 4.78 is 0. The van der Waals surface area contributed by atoms with E-state index in [1.54, 1.807) is 0 Å². The lowest BCUT2D eigenvalue weighted by molar-refractivity contribution is 0.589. The summed E-state index contributed by atoms with van der Waals surface area (Å²) in [5, 5.41) is 4.27. The van der Waals surface area contributed by atoms with Crippen LogP contribution in [0.2, 0.25) is 5.02 Å². The Morgan fingerprint density at radius 2 is 1.65 bits per heavy atom. The Morgan fingerprint density at radius 3 is 2.25 bits per heavy atom. The van der Waals surface area contributed by atoms with E-state index < -0.39 is 0 Å². The van der Waals surface area contributed by atoms with E-state index >= 15 is 0 Å². The van der Waals surface area contributed by atoms with Crippen molar-refractivity contribution >= 4 is 11.6 Å². The van der Waals surface area contributed by atoms with Crippen molar-refractivity contribution < 1.29 is 0 Å². The lowest BCUT2D eigenvalue weighted by Crippen LogP contribution is -2.21. The van der Waals surface area contributed by atoms with E-state index in [2.05, 4.69) is 56.4 Å². The zero-order valence-corrected chi connectivity index (χ0v) is 13.4. The van der Waals surface area contributed by atoms with Gasteiger partial charge in [0.25, 0.3) is 0 Å². The number of hydrogen-bond acceptors (Lipinski definition) is 1. The standard InChI is InChI=1S/C18H22ClN/c1-12(2)20-11-15-5-7-16(8-6-15)17-9-14(4)18(19)10-13(17)3/h5-10,12,20H,11H2,1-4H3. The van der Waals surface area contributed by atoms with Gasteiger partial charge < -0.3 is 5.32 Å².